The van der Waals surface area contributed by atoms with Crippen LogP contribution in [-0.4, -0.2) is 56.2 Å². The topological polar surface area (TPSA) is 69.7 Å². The van der Waals surface area contributed by atoms with Gasteiger partial charge in [0, 0.05) is 12.8 Å². The number of likely N-dealkylation sites (N-methyl/N-ethyl adjacent to an activating group) is 1. The number of quaternary nitrogens is 1. The second-order valence-electron chi connectivity index (χ2n) is 10.4. The molecule has 33 heavy (non-hydrogen) atoms. The molecule has 0 bridgehead atoms. The van der Waals surface area contributed by atoms with Gasteiger partial charge in [0.1, 0.15) is 6.54 Å². The average Bonchev–Trinajstić information content (AvgIpc) is 2.71. The zero-order valence-electron chi connectivity index (χ0n) is 22.3. The third kappa shape index (κ3) is 22.1. The molecule has 0 saturated carbocycles. The van der Waals surface area contributed by atoms with Crippen LogP contribution < -0.4 is 0 Å². The van der Waals surface area contributed by atoms with Gasteiger partial charge in [-0.15, -0.1) is 0 Å². The van der Waals surface area contributed by atoms with E-state index in [0.717, 1.165) is 38.5 Å². The minimum absolute atomic E-state index is 0.0823. The summed E-state index contributed by atoms with van der Waals surface area (Å²) in [6.45, 7) is 4.88. The smallest absolute Gasteiger partial charge is 0.317 e. The average molecular weight is 471 g/mol. The van der Waals surface area contributed by atoms with Gasteiger partial charge in [0.15, 0.2) is 6.10 Å². The van der Waals surface area contributed by atoms with Gasteiger partial charge in [0.05, 0.1) is 27.6 Å². The SMILES string of the molecule is CCCCCCCCCC(=O)OC(=O)C[C@H](C[N+](C)(C)C)OC(=O)CCCCCCCCC. The van der Waals surface area contributed by atoms with Crippen LogP contribution in [0.3, 0.4) is 0 Å². The summed E-state index contributed by atoms with van der Waals surface area (Å²) < 4.78 is 11.1. The molecule has 0 aromatic rings. The molecule has 0 saturated heterocycles. The number of hydrogen-bond donors (Lipinski definition) is 0. The first-order chi connectivity index (χ1) is 15.7. The minimum Gasteiger partial charge on any atom is -0.456 e. The van der Waals surface area contributed by atoms with E-state index in [9.17, 15) is 14.4 Å². The van der Waals surface area contributed by atoms with Gasteiger partial charge >= 0.3 is 17.9 Å². The van der Waals surface area contributed by atoms with E-state index < -0.39 is 18.0 Å². The van der Waals surface area contributed by atoms with Crippen molar-refractivity contribution in [2.45, 2.75) is 129 Å². The molecule has 0 radical (unpaired) electrons. The van der Waals surface area contributed by atoms with E-state index in [2.05, 4.69) is 13.8 Å². The highest BCUT2D eigenvalue weighted by Crippen LogP contribution is 2.13. The maximum Gasteiger partial charge on any atom is 0.317 e. The van der Waals surface area contributed by atoms with Crippen LogP contribution in [0.5, 0.6) is 0 Å². The number of ether oxygens (including phenoxy) is 2. The summed E-state index contributed by atoms with van der Waals surface area (Å²) in [5.74, 6) is -1.36. The van der Waals surface area contributed by atoms with Crippen LogP contribution in [0.4, 0.5) is 0 Å². The zero-order chi connectivity index (χ0) is 25.0. The summed E-state index contributed by atoms with van der Waals surface area (Å²) in [5, 5.41) is 0. The van der Waals surface area contributed by atoms with Crippen LogP contribution in [-0.2, 0) is 23.9 Å². The molecule has 0 rings (SSSR count). The normalized spacial score (nSPS) is 12.4. The molecule has 0 unspecified atom stereocenters. The Morgan fingerprint density at radius 1 is 0.606 bits per heavy atom. The molecular weight excluding hydrogens is 418 g/mol. The molecule has 0 aliphatic rings. The van der Waals surface area contributed by atoms with Gasteiger partial charge in [-0.3, -0.25) is 14.4 Å². The second-order valence-corrected chi connectivity index (χ2v) is 10.4. The molecule has 6 heteroatoms. The number of rotatable bonds is 21. The predicted octanol–water partition coefficient (Wildman–Crippen LogP) is 6.35. The van der Waals surface area contributed by atoms with E-state index in [1.807, 2.05) is 21.1 Å². The molecule has 0 aromatic heterocycles. The van der Waals surface area contributed by atoms with Crippen molar-refractivity contribution >= 4 is 17.9 Å². The van der Waals surface area contributed by atoms with E-state index in [1.165, 1.54) is 51.4 Å². The number of carbonyl (C=O) groups excluding carboxylic acids is 3. The Morgan fingerprint density at radius 3 is 1.48 bits per heavy atom. The van der Waals surface area contributed by atoms with Crippen molar-refractivity contribution < 1.29 is 28.3 Å². The quantitative estimate of drug-likeness (QED) is 0.0846. The number of carbonyl (C=O) groups is 3. The maximum atomic E-state index is 12.3. The van der Waals surface area contributed by atoms with E-state index in [0.29, 0.717) is 17.4 Å². The summed E-state index contributed by atoms with van der Waals surface area (Å²) >= 11 is 0. The monoisotopic (exact) mass is 470 g/mol. The molecule has 1 atom stereocenters. The Morgan fingerprint density at radius 2 is 1.03 bits per heavy atom. The number of unbranched alkanes of at least 4 members (excludes halogenated alkanes) is 12. The number of esters is 3. The van der Waals surface area contributed by atoms with Crippen LogP contribution in [0.25, 0.3) is 0 Å². The van der Waals surface area contributed by atoms with Crippen molar-refractivity contribution in [3.8, 4) is 0 Å². The summed E-state index contributed by atoms with van der Waals surface area (Å²) in [4.78, 5) is 36.6. The summed E-state index contributed by atoms with van der Waals surface area (Å²) in [6, 6.07) is 0. The molecule has 194 valence electrons. The van der Waals surface area contributed by atoms with Gasteiger partial charge in [-0.25, -0.2) is 0 Å². The highest BCUT2D eigenvalue weighted by Gasteiger charge is 2.26. The molecule has 0 amide bonds. The van der Waals surface area contributed by atoms with Crippen molar-refractivity contribution in [2.75, 3.05) is 27.7 Å². The lowest BCUT2D eigenvalue weighted by molar-refractivity contribution is -0.873. The minimum atomic E-state index is -0.606. The Bertz CT molecular complexity index is 527. The molecule has 0 heterocycles. The first-order valence-corrected chi connectivity index (χ1v) is 13.4. The molecule has 0 spiro atoms. The van der Waals surface area contributed by atoms with Crippen molar-refractivity contribution in [2.24, 2.45) is 0 Å². The van der Waals surface area contributed by atoms with Gasteiger partial charge in [-0.2, -0.15) is 0 Å². The predicted molar refractivity (Wildman–Crippen MR) is 134 cm³/mol. The lowest BCUT2D eigenvalue weighted by atomic mass is 10.1. The molecule has 0 aliphatic carbocycles. The lowest BCUT2D eigenvalue weighted by Crippen LogP contribution is -2.44. The van der Waals surface area contributed by atoms with Crippen LogP contribution in [0.1, 0.15) is 123 Å². The molecule has 0 aliphatic heterocycles. The molecule has 0 aromatic carbocycles. The number of hydrogen-bond acceptors (Lipinski definition) is 5. The first kappa shape index (κ1) is 31.6. The van der Waals surface area contributed by atoms with Crippen molar-refractivity contribution in [3.05, 3.63) is 0 Å². The van der Waals surface area contributed by atoms with Crippen molar-refractivity contribution in [3.63, 3.8) is 0 Å². The highest BCUT2D eigenvalue weighted by atomic mass is 16.6. The van der Waals surface area contributed by atoms with Gasteiger partial charge in [-0.05, 0) is 12.8 Å². The van der Waals surface area contributed by atoms with E-state index in [-0.39, 0.29) is 18.8 Å². The van der Waals surface area contributed by atoms with Crippen LogP contribution in [0.15, 0.2) is 0 Å². The third-order valence-electron chi connectivity index (χ3n) is 5.64. The molecule has 0 N–H and O–H groups in total. The fourth-order valence-electron chi connectivity index (χ4n) is 3.86. The molecular formula is C27H52NO5+. The summed E-state index contributed by atoms with van der Waals surface area (Å²) in [5.41, 5.74) is 0. The maximum absolute atomic E-state index is 12.3. The van der Waals surface area contributed by atoms with Gasteiger partial charge in [0.2, 0.25) is 0 Å². The fourth-order valence-corrected chi connectivity index (χ4v) is 3.86. The second kappa shape index (κ2) is 20.0. The number of nitrogens with zero attached hydrogens (tertiary/aromatic N) is 1. The molecule has 0 fully saturated rings. The third-order valence-corrected chi connectivity index (χ3v) is 5.64. The highest BCUT2D eigenvalue weighted by molar-refractivity contribution is 5.85. The summed E-state index contributed by atoms with van der Waals surface area (Å²) in [6.07, 6.45) is 15.7. The van der Waals surface area contributed by atoms with Gasteiger partial charge < -0.3 is 14.0 Å². The first-order valence-electron chi connectivity index (χ1n) is 13.4. The van der Waals surface area contributed by atoms with E-state index in [4.69, 9.17) is 9.47 Å². The van der Waals surface area contributed by atoms with Crippen LogP contribution in [0, 0.1) is 0 Å². The van der Waals surface area contributed by atoms with Gasteiger partial charge in [-0.1, -0.05) is 90.9 Å². The Hall–Kier alpha value is -1.43. The van der Waals surface area contributed by atoms with Crippen molar-refractivity contribution in [1.82, 2.24) is 0 Å². The molecule has 6 nitrogen and oxygen atoms in total. The Kier molecular flexibility index (Phi) is 19.1. The Labute approximate surface area is 203 Å². The lowest BCUT2D eigenvalue weighted by Gasteiger charge is -2.28. The van der Waals surface area contributed by atoms with Gasteiger partial charge in [0.25, 0.3) is 0 Å². The van der Waals surface area contributed by atoms with Crippen LogP contribution >= 0.6 is 0 Å². The van der Waals surface area contributed by atoms with E-state index >= 15 is 0 Å². The van der Waals surface area contributed by atoms with Crippen molar-refractivity contribution in [1.29, 1.82) is 0 Å². The summed E-state index contributed by atoms with van der Waals surface area (Å²) in [7, 11) is 5.94. The standard InChI is InChI=1S/C27H52NO5/c1-6-8-10-12-14-16-18-20-25(29)32-24(23-28(3,4)5)22-27(31)33-26(30)21-19-17-15-13-11-9-7-2/h24H,6-23H2,1-5H3/q+1/t24-/m1/s1. The van der Waals surface area contributed by atoms with E-state index in [1.54, 1.807) is 0 Å². The zero-order valence-corrected chi connectivity index (χ0v) is 22.3. The largest absolute Gasteiger partial charge is 0.456 e. The van der Waals surface area contributed by atoms with Crippen LogP contribution in [0.2, 0.25) is 0 Å². The Balaban J connectivity index is 4.26. The fraction of sp³-hybridized carbons (Fsp3) is 0.889.